The molecule has 1 aromatic carbocycles. The predicted octanol–water partition coefficient (Wildman–Crippen LogP) is 7.74. The number of β-amino-alcohol motifs (C(OH)–C–C–N with tert-alkyl or cyclic N) is 1. The van der Waals surface area contributed by atoms with Crippen LogP contribution < -0.4 is 14.2 Å². The van der Waals surface area contributed by atoms with Gasteiger partial charge in [-0.05, 0) is 61.3 Å². The Morgan fingerprint density at radius 2 is 1.30 bits per heavy atom. The van der Waals surface area contributed by atoms with Gasteiger partial charge in [-0.1, -0.05) is 86.5 Å². The van der Waals surface area contributed by atoms with Gasteiger partial charge in [-0.3, -0.25) is 9.69 Å². The van der Waals surface area contributed by atoms with Crippen LogP contribution in [-0.4, -0.2) is 86.6 Å². The van der Waals surface area contributed by atoms with Crippen molar-refractivity contribution >= 4 is 5.97 Å². The molecule has 0 radical (unpaired) electrons. The van der Waals surface area contributed by atoms with Gasteiger partial charge in [0.25, 0.3) is 0 Å². The first kappa shape index (κ1) is 40.1. The van der Waals surface area contributed by atoms with E-state index in [9.17, 15) is 4.79 Å². The minimum atomic E-state index is -0.184. The highest BCUT2D eigenvalue weighted by Crippen LogP contribution is 2.40. The maximum atomic E-state index is 12.8. The molecular weight excluding hydrogens is 580 g/mol. The fourth-order valence-corrected chi connectivity index (χ4v) is 5.69. The number of hydrogen-bond donors (Lipinski definition) is 1. The van der Waals surface area contributed by atoms with Crippen LogP contribution in [0.3, 0.4) is 0 Å². The highest BCUT2D eigenvalue weighted by atomic mass is 16.5. The highest BCUT2D eigenvalue weighted by Gasteiger charge is 2.21. The number of unbranched alkanes of at least 4 members (excludes halogenated alkanes) is 2. The van der Waals surface area contributed by atoms with Crippen molar-refractivity contribution in [2.45, 2.75) is 119 Å². The number of carbonyl (C=O) groups excluding carboxylic acids is 1. The largest absolute Gasteiger partial charge is 0.489 e. The van der Waals surface area contributed by atoms with E-state index in [2.05, 4.69) is 51.3 Å². The Bertz CT molecular complexity index is 936. The lowest BCUT2D eigenvalue weighted by Gasteiger charge is -2.34. The third kappa shape index (κ3) is 15.7. The van der Waals surface area contributed by atoms with E-state index in [1.165, 1.54) is 25.7 Å². The Labute approximate surface area is 281 Å². The molecule has 1 aliphatic rings. The molecule has 0 aliphatic carbocycles. The van der Waals surface area contributed by atoms with Crippen molar-refractivity contribution in [3.8, 4) is 17.2 Å². The summed E-state index contributed by atoms with van der Waals surface area (Å²) < 4.78 is 25.3. The number of aliphatic hydroxyl groups is 1. The molecule has 1 N–H and O–H groups in total. The van der Waals surface area contributed by atoms with Gasteiger partial charge >= 0.3 is 5.97 Å². The first-order valence-electron chi connectivity index (χ1n) is 18.6. The van der Waals surface area contributed by atoms with E-state index in [4.69, 9.17) is 24.1 Å². The van der Waals surface area contributed by atoms with Crippen molar-refractivity contribution in [2.75, 3.05) is 65.7 Å². The van der Waals surface area contributed by atoms with Crippen LogP contribution in [0.1, 0.15) is 118 Å². The summed E-state index contributed by atoms with van der Waals surface area (Å²) in [5.74, 6) is 3.22. The molecule has 0 aromatic heterocycles. The first-order chi connectivity index (χ1) is 22.4. The van der Waals surface area contributed by atoms with Crippen LogP contribution in [0.4, 0.5) is 0 Å². The summed E-state index contributed by atoms with van der Waals surface area (Å²) in [4.78, 5) is 17.4. The van der Waals surface area contributed by atoms with Gasteiger partial charge in [0.1, 0.15) is 6.61 Å². The SMILES string of the molecule is CCCCC(CC)COc1cc(COC(=O)CCCN2CCN(CCO)CC2)cc(OCC(C)CC)c1OCC(CC)CCCC. The number of ether oxygens (including phenoxy) is 4. The normalized spacial score (nSPS) is 16.2. The van der Waals surface area contributed by atoms with Crippen molar-refractivity contribution in [3.05, 3.63) is 17.7 Å². The third-order valence-corrected chi connectivity index (χ3v) is 9.46. The van der Waals surface area contributed by atoms with E-state index >= 15 is 0 Å². The molecule has 8 nitrogen and oxygen atoms in total. The molecule has 1 aliphatic heterocycles. The second-order valence-electron chi connectivity index (χ2n) is 13.4. The number of carbonyl (C=O) groups is 1. The molecule has 46 heavy (non-hydrogen) atoms. The number of aliphatic hydroxyl groups excluding tert-OH is 1. The maximum absolute atomic E-state index is 12.8. The first-order valence-corrected chi connectivity index (χ1v) is 18.6. The van der Waals surface area contributed by atoms with E-state index in [1.54, 1.807) is 0 Å². The average molecular weight is 649 g/mol. The smallest absolute Gasteiger partial charge is 0.306 e. The van der Waals surface area contributed by atoms with Crippen LogP contribution in [0.25, 0.3) is 0 Å². The van der Waals surface area contributed by atoms with Crippen molar-refractivity contribution < 1.29 is 28.8 Å². The van der Waals surface area contributed by atoms with Crippen molar-refractivity contribution in [2.24, 2.45) is 17.8 Å². The van der Waals surface area contributed by atoms with Crippen LogP contribution >= 0.6 is 0 Å². The Morgan fingerprint density at radius 3 is 1.83 bits per heavy atom. The van der Waals surface area contributed by atoms with Gasteiger partial charge in [0.15, 0.2) is 11.5 Å². The molecule has 0 amide bonds. The van der Waals surface area contributed by atoms with Crippen LogP contribution in [0.15, 0.2) is 12.1 Å². The fraction of sp³-hybridized carbons (Fsp3) is 0.816. The van der Waals surface area contributed by atoms with Gasteiger partial charge in [0.05, 0.1) is 26.4 Å². The minimum Gasteiger partial charge on any atom is -0.489 e. The van der Waals surface area contributed by atoms with E-state index in [0.717, 1.165) is 83.4 Å². The molecule has 0 spiro atoms. The van der Waals surface area contributed by atoms with E-state index in [1.807, 2.05) is 12.1 Å². The Kier molecular flexibility index (Phi) is 21.1. The Hall–Kier alpha value is -2.03. The molecule has 2 rings (SSSR count). The minimum absolute atomic E-state index is 0.177. The van der Waals surface area contributed by atoms with Gasteiger partial charge in [-0.2, -0.15) is 0 Å². The second-order valence-corrected chi connectivity index (χ2v) is 13.4. The monoisotopic (exact) mass is 649 g/mol. The lowest BCUT2D eigenvalue weighted by atomic mass is 10.0. The Morgan fingerprint density at radius 1 is 0.761 bits per heavy atom. The quantitative estimate of drug-likeness (QED) is 0.102. The van der Waals surface area contributed by atoms with Gasteiger partial charge in [0, 0.05) is 39.1 Å². The van der Waals surface area contributed by atoms with E-state index in [0.29, 0.717) is 61.2 Å². The van der Waals surface area contributed by atoms with E-state index < -0.39 is 0 Å². The van der Waals surface area contributed by atoms with Gasteiger partial charge < -0.3 is 29.0 Å². The standard InChI is InChI=1S/C38H68N2O6/c1-7-12-15-32(10-4)28-44-36-26-34(30-45-37(42)17-14-18-39-19-21-40(22-20-39)23-24-41)25-35(43-27-31(6)9-3)38(36)46-29-33(11-5)16-13-8-2/h25-26,31-33,41H,7-24,27-30H2,1-6H3. The molecule has 0 bridgehead atoms. The van der Waals surface area contributed by atoms with E-state index in [-0.39, 0.29) is 19.2 Å². The van der Waals surface area contributed by atoms with Crippen LogP contribution in [-0.2, 0) is 16.1 Å². The summed E-state index contributed by atoms with van der Waals surface area (Å²) in [6.07, 6.45) is 11.4. The molecule has 3 unspecified atom stereocenters. The van der Waals surface area contributed by atoms with Crippen LogP contribution in [0, 0.1) is 17.8 Å². The lowest BCUT2D eigenvalue weighted by molar-refractivity contribution is -0.145. The average Bonchev–Trinajstić information content (AvgIpc) is 3.07. The van der Waals surface area contributed by atoms with Crippen molar-refractivity contribution in [1.82, 2.24) is 9.80 Å². The molecule has 266 valence electrons. The zero-order valence-corrected chi connectivity index (χ0v) is 30.3. The van der Waals surface area contributed by atoms with Crippen LogP contribution in [0.5, 0.6) is 17.2 Å². The van der Waals surface area contributed by atoms with Crippen molar-refractivity contribution in [3.63, 3.8) is 0 Å². The summed E-state index contributed by atoms with van der Waals surface area (Å²) in [5.41, 5.74) is 0.856. The number of esters is 1. The van der Waals surface area contributed by atoms with Gasteiger partial charge in [-0.15, -0.1) is 0 Å². The second kappa shape index (κ2) is 24.2. The molecule has 8 heteroatoms. The number of piperazine rings is 1. The zero-order valence-electron chi connectivity index (χ0n) is 30.3. The van der Waals surface area contributed by atoms with Gasteiger partial charge in [-0.25, -0.2) is 0 Å². The molecule has 3 atom stereocenters. The molecule has 1 fully saturated rings. The van der Waals surface area contributed by atoms with Gasteiger partial charge in [0.2, 0.25) is 5.75 Å². The summed E-state index contributed by atoms with van der Waals surface area (Å²) in [5, 5.41) is 9.16. The fourth-order valence-electron chi connectivity index (χ4n) is 5.69. The molecule has 1 heterocycles. The number of nitrogens with zero attached hydrogens (tertiary/aromatic N) is 2. The number of hydrogen-bond acceptors (Lipinski definition) is 8. The summed E-state index contributed by atoms with van der Waals surface area (Å²) in [6.45, 7) is 21.0. The number of rotatable bonds is 26. The number of benzene rings is 1. The Balaban J connectivity index is 2.15. The maximum Gasteiger partial charge on any atom is 0.306 e. The zero-order chi connectivity index (χ0) is 33.6. The van der Waals surface area contributed by atoms with Crippen molar-refractivity contribution in [1.29, 1.82) is 0 Å². The molecule has 0 saturated carbocycles. The van der Waals surface area contributed by atoms with Crippen LogP contribution in [0.2, 0.25) is 0 Å². The topological polar surface area (TPSA) is 80.7 Å². The molecule has 1 saturated heterocycles. The summed E-state index contributed by atoms with van der Waals surface area (Å²) >= 11 is 0. The lowest BCUT2D eigenvalue weighted by Crippen LogP contribution is -2.47. The predicted molar refractivity (Wildman–Crippen MR) is 188 cm³/mol. The summed E-state index contributed by atoms with van der Waals surface area (Å²) in [7, 11) is 0. The molecule has 1 aromatic rings. The summed E-state index contributed by atoms with van der Waals surface area (Å²) in [6, 6.07) is 3.97. The third-order valence-electron chi connectivity index (χ3n) is 9.46. The highest BCUT2D eigenvalue weighted by molar-refractivity contribution is 5.69. The molecular formula is C38H68N2O6.